The molecule has 0 saturated heterocycles. The van der Waals surface area contributed by atoms with E-state index in [0.29, 0.717) is 18.8 Å². The number of nitrogens with one attached hydrogen (secondary N) is 2. The molecular formula is C23H22N4O3. The Bertz CT molecular complexity index is 992. The number of amides is 2. The number of nitrogens with zero attached hydrogens (tertiary/aromatic N) is 2. The van der Waals surface area contributed by atoms with Gasteiger partial charge in [0.25, 0.3) is 5.91 Å². The Kier molecular flexibility index (Phi) is 7.68. The molecule has 0 bridgehead atoms. The van der Waals surface area contributed by atoms with Crippen LogP contribution in [0, 0.1) is 0 Å². The summed E-state index contributed by atoms with van der Waals surface area (Å²) in [6, 6.07) is 14.6. The maximum atomic E-state index is 12.0. The summed E-state index contributed by atoms with van der Waals surface area (Å²) < 4.78 is 5.54. The number of pyridine rings is 2. The average Bonchev–Trinajstić information content (AvgIpc) is 2.80. The molecule has 7 nitrogen and oxygen atoms in total. The minimum atomic E-state index is -0.227. The van der Waals surface area contributed by atoms with Gasteiger partial charge in [-0.05, 0) is 47.0 Å². The molecule has 7 heteroatoms. The molecule has 0 unspecified atom stereocenters. The summed E-state index contributed by atoms with van der Waals surface area (Å²) in [6.45, 7) is 0.709. The summed E-state index contributed by atoms with van der Waals surface area (Å²) >= 11 is 0. The summed E-state index contributed by atoms with van der Waals surface area (Å²) in [5.41, 5.74) is 2.64. The predicted molar refractivity (Wildman–Crippen MR) is 113 cm³/mol. The number of carbonyl (C=O) groups is 2. The molecule has 30 heavy (non-hydrogen) atoms. The summed E-state index contributed by atoms with van der Waals surface area (Å²) in [5.74, 6) is 0.110. The van der Waals surface area contributed by atoms with Crippen molar-refractivity contribution in [1.29, 1.82) is 0 Å². The van der Waals surface area contributed by atoms with Gasteiger partial charge < -0.3 is 15.4 Å². The maximum absolute atomic E-state index is 12.0. The zero-order chi connectivity index (χ0) is 21.0. The van der Waals surface area contributed by atoms with Gasteiger partial charge in [0, 0.05) is 44.0 Å². The van der Waals surface area contributed by atoms with Crippen LogP contribution in [-0.4, -0.2) is 28.4 Å². The fourth-order valence-corrected chi connectivity index (χ4v) is 2.53. The Morgan fingerprint density at radius 2 is 1.60 bits per heavy atom. The molecule has 2 amide bonds. The molecule has 0 radical (unpaired) electrons. The van der Waals surface area contributed by atoms with Crippen LogP contribution < -0.4 is 15.4 Å². The summed E-state index contributed by atoms with van der Waals surface area (Å²) in [5, 5.41) is 5.57. The van der Waals surface area contributed by atoms with Gasteiger partial charge in [-0.2, -0.15) is 0 Å². The Morgan fingerprint density at radius 3 is 2.27 bits per heavy atom. The van der Waals surface area contributed by atoms with Crippen molar-refractivity contribution in [2.24, 2.45) is 0 Å². The van der Waals surface area contributed by atoms with Crippen LogP contribution in [0.25, 0.3) is 6.08 Å². The number of ether oxygens (including phenoxy) is 1. The predicted octanol–water partition coefficient (Wildman–Crippen LogP) is 2.50. The van der Waals surface area contributed by atoms with E-state index in [9.17, 15) is 9.59 Å². The molecule has 2 N–H and O–H groups in total. The van der Waals surface area contributed by atoms with Gasteiger partial charge in [0.2, 0.25) is 5.91 Å². The van der Waals surface area contributed by atoms with E-state index >= 15 is 0 Å². The van der Waals surface area contributed by atoms with Crippen LogP contribution in [0.2, 0.25) is 0 Å². The minimum Gasteiger partial charge on any atom is -0.484 e. The Balaban J connectivity index is 1.44. The second kappa shape index (κ2) is 11.1. The van der Waals surface area contributed by atoms with Crippen LogP contribution in [0.15, 0.2) is 79.4 Å². The van der Waals surface area contributed by atoms with Crippen molar-refractivity contribution in [1.82, 2.24) is 20.6 Å². The SMILES string of the molecule is O=C(/C=C/c1cccc(OCC(=O)NCc2cccnc2)c1)NCc1cccnc1. The van der Waals surface area contributed by atoms with Crippen molar-refractivity contribution in [2.45, 2.75) is 13.1 Å². The van der Waals surface area contributed by atoms with E-state index in [-0.39, 0.29) is 18.4 Å². The molecule has 0 atom stereocenters. The van der Waals surface area contributed by atoms with Gasteiger partial charge in [-0.15, -0.1) is 0 Å². The highest BCUT2D eigenvalue weighted by Gasteiger charge is 2.04. The highest BCUT2D eigenvalue weighted by atomic mass is 16.5. The number of carbonyl (C=O) groups excluding carboxylic acids is 2. The summed E-state index contributed by atoms with van der Waals surface area (Å²) in [6.07, 6.45) is 9.91. The molecule has 0 aliphatic carbocycles. The smallest absolute Gasteiger partial charge is 0.258 e. The van der Waals surface area contributed by atoms with Crippen LogP contribution >= 0.6 is 0 Å². The largest absolute Gasteiger partial charge is 0.484 e. The molecular weight excluding hydrogens is 380 g/mol. The van der Waals surface area contributed by atoms with E-state index in [1.165, 1.54) is 6.08 Å². The molecule has 3 aromatic rings. The van der Waals surface area contributed by atoms with Crippen molar-refractivity contribution in [3.8, 4) is 5.75 Å². The Morgan fingerprint density at radius 1 is 0.900 bits per heavy atom. The highest BCUT2D eigenvalue weighted by Crippen LogP contribution is 2.14. The van der Waals surface area contributed by atoms with Crippen LogP contribution in [0.1, 0.15) is 16.7 Å². The van der Waals surface area contributed by atoms with Crippen LogP contribution in [0.3, 0.4) is 0 Å². The molecule has 2 heterocycles. The molecule has 152 valence electrons. The first-order valence-electron chi connectivity index (χ1n) is 9.42. The van der Waals surface area contributed by atoms with Gasteiger partial charge in [-0.25, -0.2) is 0 Å². The summed E-state index contributed by atoms with van der Waals surface area (Å²) in [7, 11) is 0. The zero-order valence-corrected chi connectivity index (χ0v) is 16.3. The van der Waals surface area contributed by atoms with Gasteiger partial charge in [0.15, 0.2) is 6.61 Å². The third-order valence-corrected chi connectivity index (χ3v) is 4.06. The topological polar surface area (TPSA) is 93.2 Å². The number of hydrogen-bond donors (Lipinski definition) is 2. The van der Waals surface area contributed by atoms with Gasteiger partial charge in [-0.1, -0.05) is 24.3 Å². The minimum absolute atomic E-state index is 0.0982. The third-order valence-electron chi connectivity index (χ3n) is 4.06. The first-order chi connectivity index (χ1) is 14.7. The third kappa shape index (κ3) is 7.20. The average molecular weight is 402 g/mol. The highest BCUT2D eigenvalue weighted by molar-refractivity contribution is 5.91. The molecule has 3 rings (SSSR count). The molecule has 0 aliphatic heterocycles. The number of aromatic nitrogens is 2. The lowest BCUT2D eigenvalue weighted by molar-refractivity contribution is -0.123. The van der Waals surface area contributed by atoms with Crippen LogP contribution in [-0.2, 0) is 22.7 Å². The number of rotatable bonds is 9. The second-order valence-corrected chi connectivity index (χ2v) is 6.41. The van der Waals surface area contributed by atoms with Crippen molar-refractivity contribution < 1.29 is 14.3 Å². The van der Waals surface area contributed by atoms with E-state index in [1.54, 1.807) is 49.1 Å². The van der Waals surface area contributed by atoms with Gasteiger partial charge in [0.05, 0.1) is 0 Å². The van der Waals surface area contributed by atoms with E-state index in [2.05, 4.69) is 20.6 Å². The lowest BCUT2D eigenvalue weighted by Crippen LogP contribution is -2.28. The first kappa shape index (κ1) is 20.7. The van der Waals surface area contributed by atoms with E-state index < -0.39 is 0 Å². The van der Waals surface area contributed by atoms with Crippen molar-refractivity contribution in [3.05, 3.63) is 96.1 Å². The lowest BCUT2D eigenvalue weighted by atomic mass is 10.2. The molecule has 1 aromatic carbocycles. The first-order valence-corrected chi connectivity index (χ1v) is 9.42. The Labute approximate surface area is 174 Å². The number of hydrogen-bond acceptors (Lipinski definition) is 5. The quantitative estimate of drug-likeness (QED) is 0.537. The standard InChI is InChI=1S/C23H22N4O3/c28-22(26-15-19-5-2-10-24-13-19)9-8-18-4-1-7-21(12-18)30-17-23(29)27-16-20-6-3-11-25-14-20/h1-14H,15-17H2,(H,26,28)(H,27,29)/b9-8+. The zero-order valence-electron chi connectivity index (χ0n) is 16.3. The molecule has 2 aromatic heterocycles. The normalized spacial score (nSPS) is 10.5. The van der Waals surface area contributed by atoms with E-state index in [1.807, 2.05) is 30.3 Å². The fraction of sp³-hybridized carbons (Fsp3) is 0.130. The van der Waals surface area contributed by atoms with Crippen molar-refractivity contribution in [2.75, 3.05) is 6.61 Å². The maximum Gasteiger partial charge on any atom is 0.258 e. The van der Waals surface area contributed by atoms with Gasteiger partial charge in [0.1, 0.15) is 5.75 Å². The molecule has 0 aliphatic rings. The Hall–Kier alpha value is -4.00. The van der Waals surface area contributed by atoms with E-state index in [0.717, 1.165) is 16.7 Å². The molecule has 0 saturated carbocycles. The van der Waals surface area contributed by atoms with Crippen molar-refractivity contribution in [3.63, 3.8) is 0 Å². The summed E-state index contributed by atoms with van der Waals surface area (Å²) in [4.78, 5) is 31.9. The fourth-order valence-electron chi connectivity index (χ4n) is 2.53. The monoisotopic (exact) mass is 402 g/mol. The molecule has 0 fully saturated rings. The number of benzene rings is 1. The van der Waals surface area contributed by atoms with Gasteiger partial charge in [-0.3, -0.25) is 19.6 Å². The van der Waals surface area contributed by atoms with Crippen LogP contribution in [0.5, 0.6) is 5.75 Å². The van der Waals surface area contributed by atoms with Crippen LogP contribution in [0.4, 0.5) is 0 Å². The van der Waals surface area contributed by atoms with E-state index in [4.69, 9.17) is 4.74 Å². The van der Waals surface area contributed by atoms with Crippen molar-refractivity contribution >= 4 is 17.9 Å². The second-order valence-electron chi connectivity index (χ2n) is 6.41. The lowest BCUT2D eigenvalue weighted by Gasteiger charge is -2.08. The van der Waals surface area contributed by atoms with Gasteiger partial charge >= 0.3 is 0 Å². The molecule has 0 spiro atoms.